The Morgan fingerprint density at radius 2 is 0.946 bits per heavy atom. The van der Waals surface area contributed by atoms with Crippen molar-refractivity contribution in [2.75, 3.05) is 0 Å². The molecule has 5 heteroatoms. The molecule has 0 N–H and O–H groups in total. The second-order valence-corrected chi connectivity index (χ2v) is 13.4. The van der Waals surface area contributed by atoms with Crippen molar-refractivity contribution in [3.63, 3.8) is 0 Å². The van der Waals surface area contributed by atoms with Gasteiger partial charge in [0.05, 0.1) is 22.0 Å². The number of hydrogen-bond acceptors (Lipinski definition) is 4. The normalized spacial score (nSPS) is 13.6. The summed E-state index contributed by atoms with van der Waals surface area (Å²) in [6.07, 6.45) is 0. The third kappa shape index (κ3) is 5.29. The highest BCUT2D eigenvalue weighted by Crippen LogP contribution is 2.41. The van der Waals surface area contributed by atoms with E-state index in [1.54, 1.807) is 0 Å². The van der Waals surface area contributed by atoms with E-state index in [0.717, 1.165) is 33.2 Å². The van der Waals surface area contributed by atoms with Crippen molar-refractivity contribution in [2.45, 2.75) is 0 Å². The van der Waals surface area contributed by atoms with Gasteiger partial charge in [0.1, 0.15) is 11.2 Å². The van der Waals surface area contributed by atoms with Crippen molar-refractivity contribution in [3.8, 4) is 62.1 Å². The maximum absolute atomic E-state index is 9.12. The minimum absolute atomic E-state index is 0.00837. The van der Waals surface area contributed by atoms with Gasteiger partial charge in [-0.2, -0.15) is 0 Å². The summed E-state index contributed by atoms with van der Waals surface area (Å²) in [5, 5.41) is 1.42. The molecule has 5 nitrogen and oxygen atoms in total. The van der Waals surface area contributed by atoms with Crippen LogP contribution in [0.2, 0.25) is 0 Å². The van der Waals surface area contributed by atoms with E-state index in [-0.39, 0.29) is 33.9 Å². The zero-order chi connectivity index (χ0) is 44.0. The standard InChI is InChI=1S/C51H32N4O/c1-4-16-33(17-5-1)38-22-10-11-25-42(38)51-53-49(35-20-8-3-9-21-35)52-50(54-51)36-28-29-41-44-32-37(31-43(34-18-6-2-7-19-34)48(44)56-47(41)30-36)55-45-26-14-12-23-39(45)40-24-13-15-27-46(40)55/h1-32H/i12D,13D,14D,15D,23D,24D,26D,27D. The molecule has 11 aromatic rings. The minimum Gasteiger partial charge on any atom is -0.455 e. The van der Waals surface area contributed by atoms with E-state index in [4.69, 9.17) is 30.3 Å². The molecule has 0 unspecified atom stereocenters. The Bertz CT molecular complexity index is 3630. The first-order chi connectivity index (χ1) is 31.1. The van der Waals surface area contributed by atoms with E-state index >= 15 is 0 Å². The van der Waals surface area contributed by atoms with Gasteiger partial charge in [-0.15, -0.1) is 0 Å². The van der Waals surface area contributed by atoms with Crippen molar-refractivity contribution < 1.29 is 15.4 Å². The van der Waals surface area contributed by atoms with Crippen LogP contribution in [0.1, 0.15) is 11.0 Å². The molecule has 3 aromatic heterocycles. The minimum atomic E-state index is -0.498. The highest BCUT2D eigenvalue weighted by molar-refractivity contribution is 6.13. The summed E-state index contributed by atoms with van der Waals surface area (Å²) in [6, 6.07) is 43.4. The van der Waals surface area contributed by atoms with Crippen LogP contribution in [0.15, 0.2) is 198 Å². The number of nitrogens with zero attached hydrogens (tertiary/aromatic N) is 4. The Balaban J connectivity index is 1.17. The number of hydrogen-bond donors (Lipinski definition) is 0. The number of furan rings is 1. The highest BCUT2D eigenvalue weighted by atomic mass is 16.3. The number of fused-ring (bicyclic) bond motifs is 6. The van der Waals surface area contributed by atoms with E-state index in [1.807, 2.05) is 127 Å². The largest absolute Gasteiger partial charge is 0.455 e. The third-order valence-electron chi connectivity index (χ3n) is 10.1. The lowest BCUT2D eigenvalue weighted by molar-refractivity contribution is 0.670. The van der Waals surface area contributed by atoms with E-state index in [0.29, 0.717) is 50.8 Å². The Morgan fingerprint density at radius 1 is 0.411 bits per heavy atom. The Kier molecular flexibility index (Phi) is 5.74. The average molecular weight is 725 g/mol. The van der Waals surface area contributed by atoms with Gasteiger partial charge in [0.25, 0.3) is 0 Å². The smallest absolute Gasteiger partial charge is 0.164 e. The van der Waals surface area contributed by atoms with Gasteiger partial charge in [-0.05, 0) is 53.0 Å². The Hall–Kier alpha value is -7.63. The summed E-state index contributed by atoms with van der Waals surface area (Å²) in [7, 11) is 0. The van der Waals surface area contributed by atoms with Crippen LogP contribution in [0.25, 0.3) is 106 Å². The number of aromatic nitrogens is 4. The van der Waals surface area contributed by atoms with Crippen molar-refractivity contribution in [1.82, 2.24) is 19.5 Å². The summed E-state index contributed by atoms with van der Waals surface area (Å²) in [5.74, 6) is 1.45. The average Bonchev–Trinajstić information content (AvgIpc) is 3.91. The second-order valence-electron chi connectivity index (χ2n) is 13.4. The first kappa shape index (κ1) is 24.6. The molecule has 0 aliphatic carbocycles. The van der Waals surface area contributed by atoms with Gasteiger partial charge in [-0.1, -0.05) is 158 Å². The molecule has 3 heterocycles. The summed E-state index contributed by atoms with van der Waals surface area (Å²) in [4.78, 5) is 15.1. The van der Waals surface area contributed by atoms with Crippen molar-refractivity contribution in [3.05, 3.63) is 194 Å². The molecule has 0 aliphatic heterocycles. The predicted octanol–water partition coefficient (Wildman–Crippen LogP) is 13.2. The molecule has 0 fully saturated rings. The van der Waals surface area contributed by atoms with Crippen LogP contribution in [-0.2, 0) is 0 Å². The third-order valence-corrected chi connectivity index (χ3v) is 10.1. The summed E-state index contributed by atoms with van der Waals surface area (Å²) in [5.41, 5.74) is 7.38. The molecule has 8 aromatic carbocycles. The van der Waals surface area contributed by atoms with Crippen LogP contribution < -0.4 is 0 Å². The van der Waals surface area contributed by atoms with E-state index in [1.165, 1.54) is 4.57 Å². The van der Waals surface area contributed by atoms with Gasteiger partial charge in [-0.3, -0.25) is 0 Å². The number of para-hydroxylation sites is 2. The molecule has 0 aliphatic rings. The summed E-state index contributed by atoms with van der Waals surface area (Å²) in [6.45, 7) is 0. The maximum Gasteiger partial charge on any atom is 0.164 e. The van der Waals surface area contributed by atoms with Gasteiger partial charge < -0.3 is 8.98 Å². The lowest BCUT2D eigenvalue weighted by Gasteiger charge is -2.12. The summed E-state index contributed by atoms with van der Waals surface area (Å²) < 4.78 is 78.8. The second kappa shape index (κ2) is 13.0. The molecule has 0 atom stereocenters. The highest BCUT2D eigenvalue weighted by Gasteiger charge is 2.20. The lowest BCUT2D eigenvalue weighted by Crippen LogP contribution is -2.01. The maximum atomic E-state index is 9.12. The molecule has 0 saturated heterocycles. The van der Waals surface area contributed by atoms with Crippen LogP contribution in [0.4, 0.5) is 0 Å². The fourth-order valence-electron chi connectivity index (χ4n) is 7.53. The van der Waals surface area contributed by atoms with Crippen LogP contribution in [0, 0.1) is 0 Å². The fraction of sp³-hybridized carbons (Fsp3) is 0. The zero-order valence-corrected chi connectivity index (χ0v) is 29.6. The van der Waals surface area contributed by atoms with Gasteiger partial charge in [0.2, 0.25) is 0 Å². The first-order valence-corrected chi connectivity index (χ1v) is 18.1. The van der Waals surface area contributed by atoms with Gasteiger partial charge >= 0.3 is 0 Å². The van der Waals surface area contributed by atoms with Crippen LogP contribution in [0.3, 0.4) is 0 Å². The van der Waals surface area contributed by atoms with Gasteiger partial charge in [-0.25, -0.2) is 15.0 Å². The SMILES string of the molecule is [2H]c1c([2H])c([2H])c2c(c1[2H])c1c([2H])c([2H])c([2H])c([2H])c1n2-c1cc(-c2ccccc2)c2oc3cc(-c4nc(-c5ccccc5)nc(-c5ccccc5-c5ccccc5)n4)ccc3c2c1. The quantitative estimate of drug-likeness (QED) is 0.171. The first-order valence-electron chi connectivity index (χ1n) is 22.1. The van der Waals surface area contributed by atoms with Gasteiger partial charge in [0.15, 0.2) is 17.5 Å². The Morgan fingerprint density at radius 3 is 1.61 bits per heavy atom. The molecule has 262 valence electrons. The molecule has 11 rings (SSSR count). The summed E-state index contributed by atoms with van der Waals surface area (Å²) >= 11 is 0. The van der Waals surface area contributed by atoms with E-state index in [2.05, 4.69) is 18.2 Å². The van der Waals surface area contributed by atoms with Crippen molar-refractivity contribution in [2.24, 2.45) is 0 Å². The van der Waals surface area contributed by atoms with Crippen molar-refractivity contribution >= 4 is 43.7 Å². The van der Waals surface area contributed by atoms with E-state index in [9.17, 15) is 0 Å². The van der Waals surface area contributed by atoms with E-state index < -0.39 is 36.3 Å². The number of rotatable bonds is 6. The number of benzene rings is 8. The van der Waals surface area contributed by atoms with Crippen molar-refractivity contribution in [1.29, 1.82) is 0 Å². The molecule has 0 spiro atoms. The molecule has 0 radical (unpaired) electrons. The van der Waals surface area contributed by atoms with Crippen LogP contribution in [0.5, 0.6) is 0 Å². The molecule has 0 bridgehead atoms. The molecular formula is C51H32N4O. The van der Waals surface area contributed by atoms with Crippen LogP contribution in [-0.4, -0.2) is 19.5 Å². The monoisotopic (exact) mass is 724 g/mol. The van der Waals surface area contributed by atoms with Gasteiger partial charge in [0, 0.05) is 49.5 Å². The molecular weight excluding hydrogens is 685 g/mol. The predicted molar refractivity (Wildman–Crippen MR) is 229 cm³/mol. The fourth-order valence-corrected chi connectivity index (χ4v) is 7.53. The van der Waals surface area contributed by atoms with Crippen LogP contribution >= 0.6 is 0 Å². The topological polar surface area (TPSA) is 56.7 Å². The molecule has 56 heavy (non-hydrogen) atoms. The lowest BCUT2D eigenvalue weighted by atomic mass is 9.99. The zero-order valence-electron chi connectivity index (χ0n) is 37.6. The molecule has 0 saturated carbocycles. The Labute approximate surface area is 334 Å². The molecule has 0 amide bonds.